The molecule has 0 aromatic rings. The molecule has 0 radical (unpaired) electrons. The molecule has 352 valence electrons. The Hall–Kier alpha value is -1.77. The Morgan fingerprint density at radius 2 is 0.900 bits per heavy atom. The number of esters is 2. The van der Waals surface area contributed by atoms with E-state index in [1.54, 1.807) is 0 Å². The van der Waals surface area contributed by atoms with Crippen molar-refractivity contribution in [2.45, 2.75) is 225 Å². The second-order valence-electron chi connectivity index (χ2n) is 17.8. The molecular formula is C50H94NO8P. The lowest BCUT2D eigenvalue weighted by Gasteiger charge is -2.28. The number of hydrogen-bond acceptors (Lipinski definition) is 8. The van der Waals surface area contributed by atoms with Crippen molar-refractivity contribution in [1.29, 1.82) is 0 Å². The van der Waals surface area contributed by atoms with Crippen molar-refractivity contribution in [2.24, 2.45) is 0 Å². The van der Waals surface area contributed by atoms with Gasteiger partial charge in [0.2, 0.25) is 0 Å². The maximum atomic E-state index is 12.7. The van der Waals surface area contributed by atoms with Gasteiger partial charge in [-0.05, 0) is 70.6 Å². The monoisotopic (exact) mass is 868 g/mol. The van der Waals surface area contributed by atoms with Gasteiger partial charge in [-0.3, -0.25) is 14.2 Å². The van der Waals surface area contributed by atoms with Crippen molar-refractivity contribution < 1.29 is 42.1 Å². The van der Waals surface area contributed by atoms with Crippen LogP contribution in [-0.4, -0.2) is 70.0 Å². The Balaban J connectivity index is 4.29. The van der Waals surface area contributed by atoms with Gasteiger partial charge in [0.1, 0.15) is 19.8 Å². The summed E-state index contributed by atoms with van der Waals surface area (Å²) in [5.74, 6) is -0.839. The van der Waals surface area contributed by atoms with E-state index in [9.17, 15) is 19.0 Å². The quantitative estimate of drug-likeness (QED) is 0.0196. The molecule has 0 aromatic carbocycles. The van der Waals surface area contributed by atoms with Crippen LogP contribution in [0.1, 0.15) is 219 Å². The number of nitrogens with zero attached hydrogens (tertiary/aromatic N) is 1. The first-order valence-corrected chi connectivity index (χ1v) is 26.2. The number of allylic oxidation sites excluding steroid dienone is 6. The molecule has 60 heavy (non-hydrogen) atoms. The lowest BCUT2D eigenvalue weighted by Crippen LogP contribution is -2.37. The average molecular weight is 868 g/mol. The highest BCUT2D eigenvalue weighted by molar-refractivity contribution is 7.45. The summed E-state index contributed by atoms with van der Waals surface area (Å²) in [4.78, 5) is 37.7. The minimum atomic E-state index is -4.63. The summed E-state index contributed by atoms with van der Waals surface area (Å²) >= 11 is 0. The van der Waals surface area contributed by atoms with E-state index in [0.717, 1.165) is 64.2 Å². The average Bonchev–Trinajstić information content (AvgIpc) is 3.20. The number of likely N-dealkylation sites (N-methyl/N-ethyl adjacent to an activating group) is 1. The maximum absolute atomic E-state index is 12.7. The molecule has 0 saturated carbocycles. The van der Waals surface area contributed by atoms with Crippen LogP contribution in [0.3, 0.4) is 0 Å². The second-order valence-corrected chi connectivity index (χ2v) is 19.2. The van der Waals surface area contributed by atoms with Crippen molar-refractivity contribution in [3.05, 3.63) is 36.5 Å². The predicted molar refractivity (Wildman–Crippen MR) is 250 cm³/mol. The molecule has 9 nitrogen and oxygen atoms in total. The van der Waals surface area contributed by atoms with Gasteiger partial charge in [-0.25, -0.2) is 0 Å². The number of carbonyl (C=O) groups is 2. The molecule has 1 unspecified atom stereocenters. The fourth-order valence-electron chi connectivity index (χ4n) is 6.74. The molecule has 0 aromatic heterocycles. The van der Waals surface area contributed by atoms with E-state index in [2.05, 4.69) is 50.3 Å². The van der Waals surface area contributed by atoms with Crippen LogP contribution in [0.25, 0.3) is 0 Å². The molecular weight excluding hydrogens is 774 g/mol. The summed E-state index contributed by atoms with van der Waals surface area (Å²) in [6.45, 7) is 4.21. The normalized spacial score (nSPS) is 13.8. The topological polar surface area (TPSA) is 111 Å². The number of hydrogen-bond donors (Lipinski definition) is 0. The molecule has 0 heterocycles. The van der Waals surface area contributed by atoms with Gasteiger partial charge in [-0.15, -0.1) is 0 Å². The van der Waals surface area contributed by atoms with E-state index in [1.165, 1.54) is 122 Å². The summed E-state index contributed by atoms with van der Waals surface area (Å²) in [7, 11) is 1.16. The molecule has 0 aliphatic carbocycles. The highest BCUT2D eigenvalue weighted by atomic mass is 31.2. The molecule has 0 amide bonds. The molecule has 0 N–H and O–H groups in total. The Morgan fingerprint density at radius 3 is 1.37 bits per heavy atom. The zero-order chi connectivity index (χ0) is 44.3. The smallest absolute Gasteiger partial charge is 0.306 e. The fraction of sp³-hybridized carbons (Fsp3) is 0.840. The van der Waals surface area contributed by atoms with E-state index < -0.39 is 26.5 Å². The first kappa shape index (κ1) is 58.2. The highest BCUT2D eigenvalue weighted by Gasteiger charge is 2.21. The first-order valence-electron chi connectivity index (χ1n) is 24.7. The van der Waals surface area contributed by atoms with Crippen LogP contribution in [0, 0.1) is 0 Å². The molecule has 0 aliphatic rings. The molecule has 0 fully saturated rings. The third-order valence-corrected chi connectivity index (χ3v) is 11.6. The zero-order valence-corrected chi connectivity index (χ0v) is 40.6. The van der Waals surface area contributed by atoms with E-state index >= 15 is 0 Å². The van der Waals surface area contributed by atoms with Gasteiger partial charge >= 0.3 is 11.9 Å². The molecule has 0 spiro atoms. The van der Waals surface area contributed by atoms with Gasteiger partial charge in [-0.2, -0.15) is 0 Å². The molecule has 2 atom stereocenters. The van der Waals surface area contributed by atoms with Crippen LogP contribution in [0.2, 0.25) is 0 Å². The van der Waals surface area contributed by atoms with Crippen molar-refractivity contribution in [1.82, 2.24) is 0 Å². The summed E-state index contributed by atoms with van der Waals surface area (Å²) in [5, 5.41) is 0. The number of quaternary nitrogens is 1. The van der Waals surface area contributed by atoms with E-state index in [0.29, 0.717) is 17.4 Å². The molecule has 0 bridgehead atoms. The minimum Gasteiger partial charge on any atom is -0.756 e. The van der Waals surface area contributed by atoms with Gasteiger partial charge in [0.25, 0.3) is 7.82 Å². The Morgan fingerprint density at radius 1 is 0.517 bits per heavy atom. The Labute approximate surface area is 370 Å². The third kappa shape index (κ3) is 45.7. The SMILES string of the molecule is CCCCC/C=C/C/C=C/CCCCCCCCCCCC(=O)O[C@H](COC(=O)CCCCCCCCC/C=C/CCCCCCCC)COP(=O)([O-])OCC[N+](C)(C)C. The second kappa shape index (κ2) is 42.5. The first-order chi connectivity index (χ1) is 29.0. The van der Waals surface area contributed by atoms with Crippen molar-refractivity contribution in [2.75, 3.05) is 47.5 Å². The lowest BCUT2D eigenvalue weighted by molar-refractivity contribution is -0.870. The van der Waals surface area contributed by atoms with E-state index in [1.807, 2.05) is 21.1 Å². The summed E-state index contributed by atoms with van der Waals surface area (Å²) < 4.78 is 34.0. The van der Waals surface area contributed by atoms with Crippen LogP contribution in [0.5, 0.6) is 0 Å². The molecule has 0 aliphatic heterocycles. The zero-order valence-electron chi connectivity index (χ0n) is 39.7. The molecule has 10 heteroatoms. The highest BCUT2D eigenvalue weighted by Crippen LogP contribution is 2.38. The lowest BCUT2D eigenvalue weighted by atomic mass is 10.1. The Kier molecular flexibility index (Phi) is 41.3. The summed E-state index contributed by atoms with van der Waals surface area (Å²) in [6.07, 6.45) is 48.8. The number of rotatable bonds is 45. The van der Waals surface area contributed by atoms with Crippen LogP contribution in [-0.2, 0) is 32.7 Å². The number of phosphoric ester groups is 1. The van der Waals surface area contributed by atoms with Gasteiger partial charge in [-0.1, -0.05) is 172 Å². The molecule has 0 saturated heterocycles. The standard InChI is InChI=1S/C50H94NO8P/c1-6-8-10-12-14-16-18-20-22-24-25-27-29-31-33-35-37-39-41-43-50(53)59-48(47-58-60(54,55)57-45-44-51(3,4)5)46-56-49(52)42-40-38-36-34-32-30-28-26-23-21-19-17-15-13-11-9-7-2/h14,16,20-23,48H,6-13,15,17-19,24-47H2,1-5H3/b16-14+,22-20+,23-21+/t48-/m1/s1. The van der Waals surface area contributed by atoms with Crippen molar-refractivity contribution in [3.63, 3.8) is 0 Å². The van der Waals surface area contributed by atoms with Crippen molar-refractivity contribution in [3.8, 4) is 0 Å². The van der Waals surface area contributed by atoms with Gasteiger partial charge < -0.3 is 27.9 Å². The van der Waals surface area contributed by atoms with E-state index in [-0.39, 0.29) is 32.0 Å². The van der Waals surface area contributed by atoms with Crippen molar-refractivity contribution >= 4 is 19.8 Å². The van der Waals surface area contributed by atoms with Gasteiger partial charge in [0.05, 0.1) is 27.7 Å². The largest absolute Gasteiger partial charge is 0.756 e. The number of phosphoric acid groups is 1. The summed E-state index contributed by atoms with van der Waals surface area (Å²) in [6, 6.07) is 0. The van der Waals surface area contributed by atoms with Crippen LogP contribution >= 0.6 is 7.82 Å². The Bertz CT molecular complexity index is 1120. The predicted octanol–water partition coefficient (Wildman–Crippen LogP) is 13.8. The van der Waals surface area contributed by atoms with Gasteiger partial charge in [0, 0.05) is 12.8 Å². The van der Waals surface area contributed by atoms with Crippen LogP contribution < -0.4 is 4.89 Å². The summed E-state index contributed by atoms with van der Waals surface area (Å²) in [5.41, 5.74) is 0. The molecule has 0 rings (SSSR count). The maximum Gasteiger partial charge on any atom is 0.306 e. The van der Waals surface area contributed by atoms with Crippen LogP contribution in [0.15, 0.2) is 36.5 Å². The van der Waals surface area contributed by atoms with Gasteiger partial charge in [0.15, 0.2) is 6.10 Å². The number of unbranched alkanes of at least 4 members (excludes halogenated alkanes) is 25. The van der Waals surface area contributed by atoms with E-state index in [4.69, 9.17) is 18.5 Å². The number of ether oxygens (including phenoxy) is 2. The minimum absolute atomic E-state index is 0.0322. The number of carbonyl (C=O) groups excluding carboxylic acids is 2. The van der Waals surface area contributed by atoms with Crippen LogP contribution in [0.4, 0.5) is 0 Å². The third-order valence-electron chi connectivity index (χ3n) is 10.6. The fourth-order valence-corrected chi connectivity index (χ4v) is 7.47.